The molecule has 1 fully saturated rings. The molecule has 186 valence electrons. The molecule has 3 rings (SSSR count). The zero-order chi connectivity index (χ0) is 24.4. The summed E-state index contributed by atoms with van der Waals surface area (Å²) in [5, 5.41) is 0. The molecular weight excluding hydrogens is 430 g/mol. The standard InChI is InChI=1S/C28H45NO3S/c1-20(2)15-23-19-29-13-12-22-17-26(30-6)27(31-7)18-24(22)25(29)16-21(23)11-10-14-32-33(8,9)28(3,4)5/h17-18,20-21,23,25H,12-16,19H2,1-9H3/t21?,23-,25-/m1/s1. The van der Waals surface area contributed by atoms with Crippen LogP contribution in [0.15, 0.2) is 12.1 Å². The molecule has 1 unspecified atom stereocenters. The molecule has 2 aliphatic rings. The smallest absolute Gasteiger partial charge is 0.161 e. The Hall–Kier alpha value is -1.35. The van der Waals surface area contributed by atoms with E-state index in [0.29, 0.717) is 30.4 Å². The first-order valence-electron chi connectivity index (χ1n) is 12.3. The zero-order valence-corrected chi connectivity index (χ0v) is 23.1. The van der Waals surface area contributed by atoms with E-state index < -0.39 is 10.3 Å². The molecule has 0 amide bonds. The van der Waals surface area contributed by atoms with Gasteiger partial charge in [-0.1, -0.05) is 46.5 Å². The van der Waals surface area contributed by atoms with Crippen LogP contribution < -0.4 is 9.47 Å². The van der Waals surface area contributed by atoms with E-state index in [2.05, 4.69) is 76.0 Å². The average Bonchev–Trinajstić information content (AvgIpc) is 2.74. The van der Waals surface area contributed by atoms with E-state index >= 15 is 0 Å². The fraction of sp³-hybridized carbons (Fsp3) is 0.714. The Morgan fingerprint density at radius 3 is 2.39 bits per heavy atom. The maximum absolute atomic E-state index is 6.29. The van der Waals surface area contributed by atoms with Crippen molar-refractivity contribution in [1.82, 2.24) is 4.90 Å². The molecule has 2 aliphatic heterocycles. The Bertz CT molecular complexity index is 878. The van der Waals surface area contributed by atoms with Gasteiger partial charge in [0.1, 0.15) is 6.61 Å². The largest absolute Gasteiger partial charge is 0.493 e. The minimum atomic E-state index is -1.14. The molecule has 0 saturated carbocycles. The van der Waals surface area contributed by atoms with Gasteiger partial charge in [-0.2, -0.15) is 0 Å². The highest BCUT2D eigenvalue weighted by Gasteiger charge is 2.39. The van der Waals surface area contributed by atoms with Gasteiger partial charge in [0, 0.05) is 29.8 Å². The molecule has 2 heterocycles. The van der Waals surface area contributed by atoms with Crippen LogP contribution in [-0.2, 0) is 10.6 Å². The minimum absolute atomic E-state index is 0.159. The van der Waals surface area contributed by atoms with Gasteiger partial charge in [-0.25, -0.2) is 0 Å². The maximum atomic E-state index is 6.29. The first kappa shape index (κ1) is 26.3. The Labute approximate surface area is 204 Å². The fourth-order valence-corrected chi connectivity index (χ4v) is 5.69. The lowest BCUT2D eigenvalue weighted by molar-refractivity contribution is 0.0648. The molecule has 5 heteroatoms. The third kappa shape index (κ3) is 6.02. The molecule has 3 atom stereocenters. The van der Waals surface area contributed by atoms with Crippen molar-refractivity contribution in [3.05, 3.63) is 23.3 Å². The summed E-state index contributed by atoms with van der Waals surface area (Å²) in [4.78, 5) is 2.68. The highest BCUT2D eigenvalue weighted by Crippen LogP contribution is 2.53. The number of nitrogens with zero attached hydrogens (tertiary/aromatic N) is 1. The SMILES string of the molecule is COc1cc2c(cc1OC)[C@H]1CC(C#CCOS(C)(C)C(C)(C)C)[C@H](CC(C)C)CN1CC2. The highest BCUT2D eigenvalue weighted by molar-refractivity contribution is 8.29. The molecule has 0 aliphatic carbocycles. The summed E-state index contributed by atoms with van der Waals surface area (Å²) >= 11 is 0. The zero-order valence-electron chi connectivity index (χ0n) is 22.3. The van der Waals surface area contributed by atoms with Gasteiger partial charge in [0.15, 0.2) is 11.5 Å². The number of hydrogen-bond acceptors (Lipinski definition) is 4. The topological polar surface area (TPSA) is 30.9 Å². The third-order valence-electron chi connectivity index (χ3n) is 7.59. The van der Waals surface area contributed by atoms with Gasteiger partial charge in [0.2, 0.25) is 0 Å². The summed E-state index contributed by atoms with van der Waals surface area (Å²) in [7, 11) is 2.29. The van der Waals surface area contributed by atoms with Gasteiger partial charge in [-0.05, 0) is 66.9 Å². The Balaban J connectivity index is 1.82. The normalized spacial score (nSPS) is 23.9. The number of fused-ring (bicyclic) bond motifs is 3. The van der Waals surface area contributed by atoms with Crippen molar-refractivity contribution in [2.75, 3.05) is 46.4 Å². The number of rotatable bonds is 6. The van der Waals surface area contributed by atoms with Crippen molar-refractivity contribution < 1.29 is 13.7 Å². The van der Waals surface area contributed by atoms with E-state index in [1.54, 1.807) is 14.2 Å². The molecule has 1 aromatic rings. The van der Waals surface area contributed by atoms with Gasteiger partial charge in [-0.15, -0.1) is 10.3 Å². The van der Waals surface area contributed by atoms with Crippen molar-refractivity contribution in [3.8, 4) is 23.3 Å². The number of piperidine rings is 1. The molecular formula is C28H45NO3S. The summed E-state index contributed by atoms with van der Waals surface area (Å²) < 4.78 is 17.6. The molecule has 0 bridgehead atoms. The van der Waals surface area contributed by atoms with E-state index in [9.17, 15) is 0 Å². The molecule has 4 nitrogen and oxygen atoms in total. The van der Waals surface area contributed by atoms with Crippen LogP contribution >= 0.6 is 10.3 Å². The fourth-order valence-electron chi connectivity index (χ4n) is 4.98. The van der Waals surface area contributed by atoms with Gasteiger partial charge in [-0.3, -0.25) is 4.90 Å². The van der Waals surface area contributed by atoms with E-state index in [4.69, 9.17) is 13.7 Å². The monoisotopic (exact) mass is 475 g/mol. The number of methoxy groups -OCH3 is 2. The summed E-state index contributed by atoms with van der Waals surface area (Å²) in [6, 6.07) is 4.78. The number of ether oxygens (including phenoxy) is 2. The molecule has 33 heavy (non-hydrogen) atoms. The first-order valence-corrected chi connectivity index (χ1v) is 14.7. The van der Waals surface area contributed by atoms with Crippen molar-refractivity contribution >= 4 is 10.3 Å². The van der Waals surface area contributed by atoms with Crippen molar-refractivity contribution in [1.29, 1.82) is 0 Å². The minimum Gasteiger partial charge on any atom is -0.493 e. The maximum Gasteiger partial charge on any atom is 0.161 e. The van der Waals surface area contributed by atoms with E-state index in [-0.39, 0.29) is 4.75 Å². The first-order chi connectivity index (χ1) is 15.5. The van der Waals surface area contributed by atoms with Gasteiger partial charge >= 0.3 is 0 Å². The van der Waals surface area contributed by atoms with E-state index in [0.717, 1.165) is 37.4 Å². The lowest BCUT2D eigenvalue weighted by atomic mass is 9.74. The van der Waals surface area contributed by atoms with Crippen LogP contribution in [0.5, 0.6) is 11.5 Å². The molecule has 0 aromatic heterocycles. The van der Waals surface area contributed by atoms with Gasteiger partial charge in [0.05, 0.1) is 14.2 Å². The lowest BCUT2D eigenvalue weighted by Gasteiger charge is -2.46. The highest BCUT2D eigenvalue weighted by atomic mass is 32.3. The van der Waals surface area contributed by atoms with Crippen LogP contribution in [0, 0.1) is 29.6 Å². The van der Waals surface area contributed by atoms with E-state index in [1.807, 2.05) is 0 Å². The number of hydrogen-bond donors (Lipinski definition) is 0. The van der Waals surface area contributed by atoms with Crippen LogP contribution in [0.2, 0.25) is 0 Å². The summed E-state index contributed by atoms with van der Waals surface area (Å²) in [5.74, 6) is 10.4. The van der Waals surface area contributed by atoms with E-state index in [1.165, 1.54) is 17.5 Å². The molecule has 1 saturated heterocycles. The Morgan fingerprint density at radius 2 is 1.79 bits per heavy atom. The lowest BCUT2D eigenvalue weighted by Crippen LogP contribution is -2.46. The summed E-state index contributed by atoms with van der Waals surface area (Å²) in [6.45, 7) is 14.2. The quantitative estimate of drug-likeness (QED) is 0.466. The van der Waals surface area contributed by atoms with Gasteiger partial charge < -0.3 is 13.7 Å². The molecule has 0 spiro atoms. The predicted molar refractivity (Wildman–Crippen MR) is 142 cm³/mol. The molecule has 1 aromatic carbocycles. The van der Waals surface area contributed by atoms with Crippen LogP contribution in [-0.4, -0.2) is 56.1 Å². The van der Waals surface area contributed by atoms with Crippen LogP contribution in [0.3, 0.4) is 0 Å². The average molecular weight is 476 g/mol. The summed E-state index contributed by atoms with van der Waals surface area (Å²) in [6.07, 6.45) is 7.85. The predicted octanol–water partition coefficient (Wildman–Crippen LogP) is 6.08. The second-order valence-corrected chi connectivity index (χ2v) is 15.3. The molecule has 0 radical (unpaired) electrons. The van der Waals surface area contributed by atoms with Gasteiger partial charge in [0.25, 0.3) is 0 Å². The van der Waals surface area contributed by atoms with Crippen molar-refractivity contribution in [2.24, 2.45) is 17.8 Å². The van der Waals surface area contributed by atoms with Crippen LogP contribution in [0.4, 0.5) is 0 Å². The van der Waals surface area contributed by atoms with Crippen molar-refractivity contribution in [3.63, 3.8) is 0 Å². The second-order valence-electron chi connectivity index (χ2n) is 11.3. The second kappa shape index (κ2) is 10.5. The Kier molecular flexibility index (Phi) is 8.36. The Morgan fingerprint density at radius 1 is 1.12 bits per heavy atom. The van der Waals surface area contributed by atoms with Crippen LogP contribution in [0.25, 0.3) is 0 Å². The molecule has 0 N–H and O–H groups in total. The third-order valence-corrected chi connectivity index (χ3v) is 11.2. The van der Waals surface area contributed by atoms with Crippen molar-refractivity contribution in [2.45, 2.75) is 64.7 Å². The summed E-state index contributed by atoms with van der Waals surface area (Å²) in [5.41, 5.74) is 2.78. The van der Waals surface area contributed by atoms with Crippen LogP contribution in [0.1, 0.15) is 64.6 Å². The number of benzene rings is 1.